The van der Waals surface area contributed by atoms with Gasteiger partial charge in [-0.1, -0.05) is 11.6 Å². The van der Waals surface area contributed by atoms with Gasteiger partial charge in [0.1, 0.15) is 15.6 Å². The second kappa shape index (κ2) is 5.63. The number of rotatable bonds is 4. The first-order chi connectivity index (χ1) is 8.82. The number of hydrogen-bond donors (Lipinski definition) is 2. The number of pyridine rings is 1. The quantitative estimate of drug-likeness (QED) is 0.769. The zero-order valence-electron chi connectivity index (χ0n) is 9.77. The minimum absolute atomic E-state index is 0.111. The van der Waals surface area contributed by atoms with Crippen LogP contribution in [-0.2, 0) is 14.8 Å². The zero-order valence-corrected chi connectivity index (χ0v) is 12.9. The SMILES string of the molecule is O=S(=O)(NCC1(O)CCOC1)c1cc(Br)cnc1Cl. The number of sulfonamides is 1. The van der Waals surface area contributed by atoms with E-state index in [2.05, 4.69) is 25.6 Å². The minimum Gasteiger partial charge on any atom is -0.386 e. The lowest BCUT2D eigenvalue weighted by molar-refractivity contribution is 0.0314. The van der Waals surface area contributed by atoms with E-state index in [9.17, 15) is 13.5 Å². The summed E-state index contributed by atoms with van der Waals surface area (Å²) in [7, 11) is -3.83. The molecule has 0 aliphatic carbocycles. The number of nitrogens with one attached hydrogen (secondary N) is 1. The normalized spacial score (nSPS) is 23.7. The molecule has 1 aromatic rings. The van der Waals surface area contributed by atoms with Crippen molar-refractivity contribution in [3.8, 4) is 0 Å². The molecule has 19 heavy (non-hydrogen) atoms. The first-order valence-corrected chi connectivity index (χ1v) is 8.09. The lowest BCUT2D eigenvalue weighted by Crippen LogP contribution is -2.43. The van der Waals surface area contributed by atoms with Crippen LogP contribution in [0, 0.1) is 0 Å². The molecule has 9 heteroatoms. The summed E-state index contributed by atoms with van der Waals surface area (Å²) in [5.41, 5.74) is -1.17. The predicted molar refractivity (Wildman–Crippen MR) is 72.5 cm³/mol. The Labute approximate surface area is 124 Å². The summed E-state index contributed by atoms with van der Waals surface area (Å²) in [6.45, 7) is 0.398. The van der Waals surface area contributed by atoms with Crippen LogP contribution in [0.4, 0.5) is 0 Å². The van der Waals surface area contributed by atoms with Crippen molar-refractivity contribution >= 4 is 37.6 Å². The van der Waals surface area contributed by atoms with Gasteiger partial charge in [-0.15, -0.1) is 0 Å². The Morgan fingerprint density at radius 1 is 1.63 bits per heavy atom. The van der Waals surface area contributed by atoms with E-state index < -0.39 is 15.6 Å². The highest BCUT2D eigenvalue weighted by atomic mass is 79.9. The van der Waals surface area contributed by atoms with Crippen LogP contribution in [0.15, 0.2) is 21.6 Å². The summed E-state index contributed by atoms with van der Waals surface area (Å²) < 4.78 is 32.1. The number of aliphatic hydroxyl groups is 1. The summed E-state index contributed by atoms with van der Waals surface area (Å²) in [6.07, 6.45) is 1.79. The van der Waals surface area contributed by atoms with Crippen LogP contribution in [0.2, 0.25) is 5.15 Å². The van der Waals surface area contributed by atoms with Crippen molar-refractivity contribution in [2.75, 3.05) is 19.8 Å². The molecule has 6 nitrogen and oxygen atoms in total. The topological polar surface area (TPSA) is 88.5 Å². The third kappa shape index (κ3) is 3.65. The summed E-state index contributed by atoms with van der Waals surface area (Å²) in [4.78, 5) is 3.62. The van der Waals surface area contributed by atoms with Gasteiger partial charge in [-0.05, 0) is 22.0 Å². The zero-order chi connectivity index (χ0) is 14.1. The summed E-state index contributed by atoms with van der Waals surface area (Å²) >= 11 is 8.91. The van der Waals surface area contributed by atoms with Crippen molar-refractivity contribution < 1.29 is 18.3 Å². The molecule has 1 aliphatic rings. The Morgan fingerprint density at radius 2 is 2.37 bits per heavy atom. The monoisotopic (exact) mass is 370 g/mol. The second-order valence-electron chi connectivity index (χ2n) is 4.29. The van der Waals surface area contributed by atoms with Crippen molar-refractivity contribution in [1.82, 2.24) is 9.71 Å². The fraction of sp³-hybridized carbons (Fsp3) is 0.500. The Bertz CT molecular complexity index is 575. The van der Waals surface area contributed by atoms with Crippen molar-refractivity contribution in [2.24, 2.45) is 0 Å². The Balaban J connectivity index is 2.16. The highest BCUT2D eigenvalue weighted by molar-refractivity contribution is 9.10. The van der Waals surface area contributed by atoms with Gasteiger partial charge in [0.15, 0.2) is 0 Å². The van der Waals surface area contributed by atoms with E-state index in [0.29, 0.717) is 17.5 Å². The Kier molecular flexibility index (Phi) is 4.49. The van der Waals surface area contributed by atoms with Crippen molar-refractivity contribution in [3.05, 3.63) is 21.9 Å². The molecule has 0 aromatic carbocycles. The molecule has 2 rings (SSSR count). The van der Waals surface area contributed by atoms with Crippen LogP contribution in [0.3, 0.4) is 0 Å². The van der Waals surface area contributed by atoms with Gasteiger partial charge in [0, 0.05) is 30.2 Å². The number of hydrogen-bond acceptors (Lipinski definition) is 5. The molecule has 1 saturated heterocycles. The van der Waals surface area contributed by atoms with Crippen LogP contribution in [0.5, 0.6) is 0 Å². The van der Waals surface area contributed by atoms with Crippen LogP contribution in [0.1, 0.15) is 6.42 Å². The maximum absolute atomic E-state index is 12.1. The number of halogens is 2. The molecule has 1 aliphatic heterocycles. The summed E-state index contributed by atoms with van der Waals surface area (Å²) in [5.74, 6) is 0. The Morgan fingerprint density at radius 3 is 3.00 bits per heavy atom. The van der Waals surface area contributed by atoms with Crippen molar-refractivity contribution in [1.29, 1.82) is 0 Å². The van der Waals surface area contributed by atoms with Gasteiger partial charge in [-0.2, -0.15) is 0 Å². The molecular formula is C10H12BrClN2O4S. The van der Waals surface area contributed by atoms with Crippen LogP contribution in [0.25, 0.3) is 0 Å². The smallest absolute Gasteiger partial charge is 0.243 e. The molecule has 0 radical (unpaired) electrons. The lowest BCUT2D eigenvalue weighted by Gasteiger charge is -2.20. The van der Waals surface area contributed by atoms with E-state index in [1.807, 2.05) is 0 Å². The van der Waals surface area contributed by atoms with Crippen LogP contribution >= 0.6 is 27.5 Å². The lowest BCUT2D eigenvalue weighted by atomic mass is 10.1. The van der Waals surface area contributed by atoms with Crippen molar-refractivity contribution in [2.45, 2.75) is 16.9 Å². The van der Waals surface area contributed by atoms with Gasteiger partial charge in [-0.25, -0.2) is 18.1 Å². The largest absolute Gasteiger partial charge is 0.386 e. The first kappa shape index (κ1) is 15.1. The van der Waals surface area contributed by atoms with E-state index in [0.717, 1.165) is 0 Å². The van der Waals surface area contributed by atoms with E-state index in [1.54, 1.807) is 0 Å². The van der Waals surface area contributed by atoms with E-state index in [-0.39, 0.29) is 23.2 Å². The molecule has 0 spiro atoms. The molecule has 1 fully saturated rings. The molecule has 106 valence electrons. The summed E-state index contributed by atoms with van der Waals surface area (Å²) in [6, 6.07) is 1.35. The van der Waals surface area contributed by atoms with Gasteiger partial charge in [0.05, 0.1) is 6.61 Å². The molecule has 2 N–H and O–H groups in total. The average Bonchev–Trinajstić information content (AvgIpc) is 2.78. The number of ether oxygens (including phenoxy) is 1. The molecule has 0 saturated carbocycles. The standard InChI is InChI=1S/C10H12BrClN2O4S/c11-7-3-8(9(12)13-4-7)19(16,17)14-5-10(15)1-2-18-6-10/h3-4,14-15H,1-2,5-6H2. The fourth-order valence-electron chi connectivity index (χ4n) is 1.64. The maximum atomic E-state index is 12.1. The molecule has 1 unspecified atom stereocenters. The number of aromatic nitrogens is 1. The van der Waals surface area contributed by atoms with E-state index in [1.165, 1.54) is 12.3 Å². The molecule has 1 atom stereocenters. The average molecular weight is 372 g/mol. The van der Waals surface area contributed by atoms with Gasteiger partial charge < -0.3 is 9.84 Å². The summed E-state index contributed by atoms with van der Waals surface area (Å²) in [5, 5.41) is 9.90. The molecule has 0 amide bonds. The van der Waals surface area contributed by atoms with E-state index >= 15 is 0 Å². The molecule has 2 heterocycles. The van der Waals surface area contributed by atoms with E-state index in [4.69, 9.17) is 16.3 Å². The van der Waals surface area contributed by atoms with Crippen LogP contribution < -0.4 is 4.72 Å². The van der Waals surface area contributed by atoms with Gasteiger partial charge >= 0.3 is 0 Å². The van der Waals surface area contributed by atoms with Gasteiger partial charge in [0.2, 0.25) is 10.0 Å². The highest BCUT2D eigenvalue weighted by Gasteiger charge is 2.34. The first-order valence-electron chi connectivity index (χ1n) is 5.43. The van der Waals surface area contributed by atoms with Gasteiger partial charge in [-0.3, -0.25) is 0 Å². The molecule has 1 aromatic heterocycles. The predicted octanol–water partition coefficient (Wildman–Crippen LogP) is 0.927. The third-order valence-corrected chi connectivity index (χ3v) is 5.00. The highest BCUT2D eigenvalue weighted by Crippen LogP contribution is 2.23. The molecule has 0 bridgehead atoms. The van der Waals surface area contributed by atoms with Gasteiger partial charge in [0.25, 0.3) is 0 Å². The maximum Gasteiger partial charge on any atom is 0.243 e. The molecular weight excluding hydrogens is 360 g/mol. The minimum atomic E-state index is -3.83. The number of nitrogens with zero attached hydrogens (tertiary/aromatic N) is 1. The van der Waals surface area contributed by atoms with Crippen LogP contribution in [-0.4, -0.2) is 43.9 Å². The fourth-order valence-corrected chi connectivity index (χ4v) is 3.70. The third-order valence-electron chi connectivity index (χ3n) is 2.74. The van der Waals surface area contributed by atoms with Crippen molar-refractivity contribution in [3.63, 3.8) is 0 Å². The Hall–Kier alpha value is -0.250. The second-order valence-corrected chi connectivity index (χ2v) is 7.30.